The van der Waals surface area contributed by atoms with E-state index in [0.29, 0.717) is 33.0 Å². The molecule has 0 saturated heterocycles. The Morgan fingerprint density at radius 1 is 1.12 bits per heavy atom. The average molecular weight is 615 g/mol. The van der Waals surface area contributed by atoms with E-state index in [1.807, 2.05) is 55.8 Å². The molecular formula is C32H28ClFN6O2S. The molecule has 1 aliphatic carbocycles. The van der Waals surface area contributed by atoms with Gasteiger partial charge in [0.2, 0.25) is 0 Å². The Bertz CT molecular complexity index is 2100. The van der Waals surface area contributed by atoms with Crippen molar-refractivity contribution >= 4 is 44.6 Å². The summed E-state index contributed by atoms with van der Waals surface area (Å²) in [6.45, 7) is 5.69. The number of anilines is 1. The lowest BCUT2D eigenvalue weighted by Gasteiger charge is -2.22. The maximum atomic E-state index is 15.2. The summed E-state index contributed by atoms with van der Waals surface area (Å²) in [5.74, 6) is 0.0984. The molecule has 7 rings (SSSR count). The lowest BCUT2D eigenvalue weighted by molar-refractivity contribution is 0.231. The van der Waals surface area contributed by atoms with Crippen LogP contribution >= 0.6 is 22.9 Å². The van der Waals surface area contributed by atoms with E-state index in [-0.39, 0.29) is 35.2 Å². The molecule has 2 N–H and O–H groups in total. The molecule has 1 aliphatic rings. The summed E-state index contributed by atoms with van der Waals surface area (Å²) in [6.07, 6.45) is 3.14. The van der Waals surface area contributed by atoms with Gasteiger partial charge in [-0.25, -0.2) is 19.0 Å². The number of fused-ring (bicyclic) bond motifs is 2. The predicted octanol–water partition coefficient (Wildman–Crippen LogP) is 7.30. The number of aryl methyl sites for hydroxylation is 1. The fourth-order valence-corrected chi connectivity index (χ4v) is 6.92. The second-order valence-corrected chi connectivity index (χ2v) is 12.5. The monoisotopic (exact) mass is 614 g/mol. The minimum Gasteiger partial charge on any atom is -0.488 e. The van der Waals surface area contributed by atoms with Gasteiger partial charge in [-0.1, -0.05) is 41.4 Å². The van der Waals surface area contributed by atoms with Crippen LogP contribution in [0.25, 0.3) is 38.2 Å². The summed E-state index contributed by atoms with van der Waals surface area (Å²) in [5, 5.41) is 7.72. The lowest BCUT2D eigenvalue weighted by atomic mass is 9.93. The van der Waals surface area contributed by atoms with E-state index in [1.165, 1.54) is 23.7 Å². The number of nitrogen functional groups attached to an aromatic ring is 1. The second-order valence-electron chi connectivity index (χ2n) is 11.2. The van der Waals surface area contributed by atoms with Crippen LogP contribution in [-0.4, -0.2) is 30.3 Å². The molecule has 8 nitrogen and oxygen atoms in total. The van der Waals surface area contributed by atoms with Crippen LogP contribution < -0.4 is 16.0 Å². The molecule has 1 saturated carbocycles. The first-order valence-corrected chi connectivity index (χ1v) is 15.3. The zero-order valence-electron chi connectivity index (χ0n) is 23.7. The molecule has 0 bridgehead atoms. The van der Waals surface area contributed by atoms with Crippen molar-refractivity contribution in [2.45, 2.75) is 45.8 Å². The third-order valence-electron chi connectivity index (χ3n) is 7.74. The highest BCUT2D eigenvalue weighted by Gasteiger charge is 2.39. The van der Waals surface area contributed by atoms with Crippen LogP contribution in [0.4, 0.5) is 10.2 Å². The third kappa shape index (κ3) is 4.74. The van der Waals surface area contributed by atoms with Crippen molar-refractivity contribution in [1.82, 2.24) is 24.1 Å². The van der Waals surface area contributed by atoms with Gasteiger partial charge in [-0.2, -0.15) is 5.10 Å². The number of thiazole rings is 1. The molecule has 1 fully saturated rings. The number of hydrogen-bond donors (Lipinski definition) is 1. The summed E-state index contributed by atoms with van der Waals surface area (Å²) in [7, 11) is 0. The van der Waals surface area contributed by atoms with Gasteiger partial charge in [-0.15, -0.1) is 11.3 Å². The van der Waals surface area contributed by atoms with Crippen molar-refractivity contribution in [1.29, 1.82) is 0 Å². The molecule has 4 aromatic heterocycles. The van der Waals surface area contributed by atoms with Crippen LogP contribution in [0.2, 0.25) is 5.15 Å². The molecule has 0 radical (unpaired) electrons. The van der Waals surface area contributed by atoms with Gasteiger partial charge >= 0.3 is 0 Å². The first kappa shape index (κ1) is 27.5. The van der Waals surface area contributed by atoms with E-state index in [0.717, 1.165) is 34.4 Å². The van der Waals surface area contributed by atoms with Crippen LogP contribution in [0, 0.1) is 18.7 Å². The molecule has 11 heteroatoms. The summed E-state index contributed by atoms with van der Waals surface area (Å²) in [6, 6.07) is 14.3. The van der Waals surface area contributed by atoms with Crippen molar-refractivity contribution in [2.24, 2.45) is 5.92 Å². The summed E-state index contributed by atoms with van der Waals surface area (Å²) >= 11 is 7.91. The Morgan fingerprint density at radius 2 is 1.93 bits per heavy atom. The number of aromatic nitrogens is 5. The number of nitrogens with two attached hydrogens (primary N) is 1. The Kier molecular flexibility index (Phi) is 6.70. The zero-order chi connectivity index (χ0) is 30.0. The standard InChI is InChI=1S/C32H28ClFN6O2S/c1-16(2)42-23-10-9-20(12-22(23)34)28-27-30(35)36-15-37-31(27)40(38-28)29(18-7-8-18)21-13-25-39(24(33)14-43-25)32(41)26(21)19-6-4-5-17(3)11-19/h4-6,9-16,18,29H,7-8H2,1-3H3,(H2,35,36,37)/t29-/m0/s1. The van der Waals surface area contributed by atoms with E-state index in [1.54, 1.807) is 21.9 Å². The number of halogens is 2. The van der Waals surface area contributed by atoms with Crippen LogP contribution in [0.3, 0.4) is 0 Å². The number of benzene rings is 2. The molecule has 4 heterocycles. The molecule has 218 valence electrons. The van der Waals surface area contributed by atoms with E-state index >= 15 is 4.39 Å². The third-order valence-corrected chi connectivity index (χ3v) is 9.03. The lowest BCUT2D eigenvalue weighted by Crippen LogP contribution is -2.23. The van der Waals surface area contributed by atoms with E-state index in [2.05, 4.69) is 9.97 Å². The van der Waals surface area contributed by atoms with Crippen LogP contribution in [0.1, 0.15) is 43.9 Å². The molecule has 0 spiro atoms. The molecule has 0 aliphatic heterocycles. The minimum atomic E-state index is -0.502. The molecule has 6 aromatic rings. The van der Waals surface area contributed by atoms with Gasteiger partial charge < -0.3 is 10.5 Å². The maximum Gasteiger partial charge on any atom is 0.265 e. The topological polar surface area (TPSA) is 100 Å². The van der Waals surface area contributed by atoms with E-state index in [9.17, 15) is 4.79 Å². The van der Waals surface area contributed by atoms with Crippen molar-refractivity contribution < 1.29 is 9.13 Å². The largest absolute Gasteiger partial charge is 0.488 e. The van der Waals surface area contributed by atoms with Crippen molar-refractivity contribution in [2.75, 3.05) is 5.73 Å². The van der Waals surface area contributed by atoms with Crippen LogP contribution in [0.5, 0.6) is 5.75 Å². The normalized spacial score (nSPS) is 14.2. The number of ether oxygens (including phenoxy) is 1. The molecule has 43 heavy (non-hydrogen) atoms. The van der Waals surface area contributed by atoms with Gasteiger partial charge in [0.05, 0.1) is 23.1 Å². The summed E-state index contributed by atoms with van der Waals surface area (Å²) in [5.41, 5.74) is 11.0. The summed E-state index contributed by atoms with van der Waals surface area (Å²) < 4.78 is 24.2. The van der Waals surface area contributed by atoms with Crippen molar-refractivity contribution in [3.63, 3.8) is 0 Å². The highest BCUT2D eigenvalue weighted by molar-refractivity contribution is 7.16. The van der Waals surface area contributed by atoms with Gasteiger partial charge in [0.15, 0.2) is 17.2 Å². The van der Waals surface area contributed by atoms with E-state index < -0.39 is 5.82 Å². The molecule has 1 atom stereocenters. The highest BCUT2D eigenvalue weighted by atomic mass is 35.5. The Hall–Kier alpha value is -4.28. The Balaban J connectivity index is 1.49. The number of hydrogen-bond acceptors (Lipinski definition) is 7. The molecular weight excluding hydrogens is 587 g/mol. The average Bonchev–Trinajstić information content (AvgIpc) is 3.62. The number of pyridine rings is 1. The first-order chi connectivity index (χ1) is 20.7. The molecule has 2 aromatic carbocycles. The second kappa shape index (κ2) is 10.5. The Morgan fingerprint density at radius 3 is 2.65 bits per heavy atom. The van der Waals surface area contributed by atoms with Crippen molar-refractivity contribution in [3.05, 3.63) is 92.7 Å². The predicted molar refractivity (Wildman–Crippen MR) is 168 cm³/mol. The van der Waals surface area contributed by atoms with Gasteiger partial charge in [0.1, 0.15) is 27.8 Å². The van der Waals surface area contributed by atoms with Gasteiger partial charge in [-0.05, 0) is 74.9 Å². The molecule has 0 amide bonds. The smallest absolute Gasteiger partial charge is 0.265 e. The number of nitrogens with zero attached hydrogens (tertiary/aromatic N) is 5. The van der Waals surface area contributed by atoms with E-state index in [4.69, 9.17) is 27.2 Å². The minimum absolute atomic E-state index is 0.161. The van der Waals surface area contributed by atoms with Crippen molar-refractivity contribution in [3.8, 4) is 28.1 Å². The quantitative estimate of drug-likeness (QED) is 0.202. The van der Waals surface area contributed by atoms with Gasteiger partial charge in [0, 0.05) is 10.9 Å². The summed E-state index contributed by atoms with van der Waals surface area (Å²) in [4.78, 5) is 23.8. The van der Waals surface area contributed by atoms with Crippen LogP contribution in [-0.2, 0) is 0 Å². The maximum absolute atomic E-state index is 15.2. The fraction of sp³-hybridized carbons (Fsp3) is 0.250. The molecule has 0 unspecified atom stereocenters. The van der Waals surface area contributed by atoms with Crippen LogP contribution in [0.15, 0.2) is 65.0 Å². The Labute approximate surface area is 255 Å². The number of rotatable bonds is 7. The van der Waals surface area contributed by atoms with Gasteiger partial charge in [0.25, 0.3) is 5.56 Å². The SMILES string of the molecule is Cc1cccc(-c2c([C@H](C3CC3)n3nc(-c4ccc(OC(C)C)c(F)c4)c4c(N)ncnc43)cc3scc(Cl)n3c2=O)c1. The first-order valence-electron chi connectivity index (χ1n) is 14.1. The highest BCUT2D eigenvalue weighted by Crippen LogP contribution is 2.48. The fourth-order valence-electron chi connectivity index (χ4n) is 5.77. The zero-order valence-corrected chi connectivity index (χ0v) is 25.3. The van der Waals surface area contributed by atoms with Gasteiger partial charge in [-0.3, -0.25) is 9.20 Å².